The minimum atomic E-state index is -0.370. The van der Waals surface area contributed by atoms with Crippen LogP contribution < -0.4 is 4.74 Å². The summed E-state index contributed by atoms with van der Waals surface area (Å²) in [6.45, 7) is 2.05. The summed E-state index contributed by atoms with van der Waals surface area (Å²) >= 11 is 4.20. The number of thiol groups is 1. The molecule has 0 aromatic heterocycles. The van der Waals surface area contributed by atoms with Crippen molar-refractivity contribution in [3.63, 3.8) is 0 Å². The van der Waals surface area contributed by atoms with Gasteiger partial charge in [0, 0.05) is 4.90 Å². The van der Waals surface area contributed by atoms with Gasteiger partial charge in [0.25, 0.3) is 0 Å². The van der Waals surface area contributed by atoms with Gasteiger partial charge in [-0.15, -0.1) is 12.6 Å². The van der Waals surface area contributed by atoms with E-state index in [4.69, 9.17) is 14.7 Å². The van der Waals surface area contributed by atoms with Gasteiger partial charge in [0.15, 0.2) is 0 Å². The zero-order chi connectivity index (χ0) is 12.8. The standard InChI is InChI=1S/C12H13NO3S/c1-3-16-12(14)5-8-4-9(17)6-11(15-2)10(8)7-13/h4,6,17H,3,5H2,1-2H3. The summed E-state index contributed by atoms with van der Waals surface area (Å²) in [5.41, 5.74) is 0.911. The summed E-state index contributed by atoms with van der Waals surface area (Å²) in [6.07, 6.45) is 0.0431. The van der Waals surface area contributed by atoms with Gasteiger partial charge in [-0.25, -0.2) is 0 Å². The van der Waals surface area contributed by atoms with Gasteiger partial charge in [-0.05, 0) is 24.6 Å². The highest BCUT2D eigenvalue weighted by molar-refractivity contribution is 7.80. The van der Waals surface area contributed by atoms with Gasteiger partial charge >= 0.3 is 5.97 Å². The van der Waals surface area contributed by atoms with Crippen LogP contribution in [0.25, 0.3) is 0 Å². The van der Waals surface area contributed by atoms with E-state index >= 15 is 0 Å². The number of benzene rings is 1. The topological polar surface area (TPSA) is 59.3 Å². The van der Waals surface area contributed by atoms with Gasteiger partial charge < -0.3 is 9.47 Å². The van der Waals surface area contributed by atoms with Gasteiger partial charge in [0.2, 0.25) is 0 Å². The summed E-state index contributed by atoms with van der Waals surface area (Å²) in [6, 6.07) is 5.33. The SMILES string of the molecule is CCOC(=O)Cc1cc(S)cc(OC)c1C#N. The molecule has 0 aliphatic heterocycles. The number of nitrogens with zero attached hydrogens (tertiary/aromatic N) is 1. The van der Waals surface area contributed by atoms with Crippen molar-refractivity contribution < 1.29 is 14.3 Å². The van der Waals surface area contributed by atoms with Crippen LogP contribution in [0.4, 0.5) is 0 Å². The molecule has 1 aromatic carbocycles. The van der Waals surface area contributed by atoms with Crippen molar-refractivity contribution >= 4 is 18.6 Å². The van der Waals surface area contributed by atoms with Crippen molar-refractivity contribution in [2.24, 2.45) is 0 Å². The van der Waals surface area contributed by atoms with E-state index in [1.165, 1.54) is 7.11 Å². The van der Waals surface area contributed by atoms with Crippen molar-refractivity contribution in [1.82, 2.24) is 0 Å². The first-order valence-electron chi connectivity index (χ1n) is 5.08. The van der Waals surface area contributed by atoms with Crippen molar-refractivity contribution in [2.45, 2.75) is 18.2 Å². The van der Waals surface area contributed by atoms with E-state index in [9.17, 15) is 4.79 Å². The van der Waals surface area contributed by atoms with Crippen LogP contribution in [0.3, 0.4) is 0 Å². The van der Waals surface area contributed by atoms with Gasteiger partial charge in [-0.2, -0.15) is 5.26 Å². The normalized spacial score (nSPS) is 9.53. The number of hydrogen-bond acceptors (Lipinski definition) is 5. The zero-order valence-electron chi connectivity index (χ0n) is 9.69. The van der Waals surface area contributed by atoms with Crippen LogP contribution in [0, 0.1) is 11.3 Å². The van der Waals surface area contributed by atoms with Gasteiger partial charge in [0.05, 0.1) is 25.7 Å². The lowest BCUT2D eigenvalue weighted by Gasteiger charge is -2.09. The molecule has 17 heavy (non-hydrogen) atoms. The maximum Gasteiger partial charge on any atom is 0.310 e. The van der Waals surface area contributed by atoms with Crippen molar-refractivity contribution in [3.8, 4) is 11.8 Å². The molecule has 4 nitrogen and oxygen atoms in total. The predicted molar refractivity (Wildman–Crippen MR) is 65.3 cm³/mol. The molecule has 1 aromatic rings. The average Bonchev–Trinajstić information content (AvgIpc) is 2.28. The first-order chi connectivity index (χ1) is 8.12. The third-order valence-corrected chi connectivity index (χ3v) is 2.40. The number of methoxy groups -OCH3 is 1. The highest BCUT2D eigenvalue weighted by Gasteiger charge is 2.14. The molecule has 0 saturated carbocycles. The molecular formula is C12H13NO3S. The number of rotatable bonds is 4. The lowest BCUT2D eigenvalue weighted by Crippen LogP contribution is -2.09. The van der Waals surface area contributed by atoms with E-state index in [1.807, 2.05) is 6.07 Å². The molecule has 0 bridgehead atoms. The van der Waals surface area contributed by atoms with Gasteiger partial charge in [-0.1, -0.05) is 0 Å². The van der Waals surface area contributed by atoms with E-state index in [0.717, 1.165) is 0 Å². The summed E-state index contributed by atoms with van der Waals surface area (Å²) in [7, 11) is 1.47. The minimum Gasteiger partial charge on any atom is -0.495 e. The molecule has 0 aliphatic rings. The second-order valence-electron chi connectivity index (χ2n) is 3.28. The van der Waals surface area contributed by atoms with Crippen LogP contribution >= 0.6 is 12.6 Å². The Balaban J connectivity index is 3.10. The van der Waals surface area contributed by atoms with E-state index in [-0.39, 0.29) is 12.4 Å². The zero-order valence-corrected chi connectivity index (χ0v) is 10.6. The largest absolute Gasteiger partial charge is 0.495 e. The smallest absolute Gasteiger partial charge is 0.310 e. The van der Waals surface area contributed by atoms with Gasteiger partial charge in [-0.3, -0.25) is 4.79 Å². The number of carbonyl (C=O) groups is 1. The third kappa shape index (κ3) is 3.40. The number of carbonyl (C=O) groups excluding carboxylic acids is 1. The van der Waals surface area contributed by atoms with Gasteiger partial charge in [0.1, 0.15) is 11.8 Å². The van der Waals surface area contributed by atoms with E-state index < -0.39 is 0 Å². The first kappa shape index (κ1) is 13.4. The highest BCUT2D eigenvalue weighted by Crippen LogP contribution is 2.26. The minimum absolute atomic E-state index is 0.0431. The highest BCUT2D eigenvalue weighted by atomic mass is 32.1. The van der Waals surface area contributed by atoms with Crippen molar-refractivity contribution in [2.75, 3.05) is 13.7 Å². The van der Waals surface area contributed by atoms with Crippen LogP contribution in [-0.4, -0.2) is 19.7 Å². The third-order valence-electron chi connectivity index (χ3n) is 2.14. The molecule has 0 heterocycles. The molecule has 0 aliphatic carbocycles. The van der Waals surface area contributed by atoms with Crippen molar-refractivity contribution in [3.05, 3.63) is 23.3 Å². The Labute approximate surface area is 106 Å². The Hall–Kier alpha value is -1.67. The second-order valence-corrected chi connectivity index (χ2v) is 3.79. The molecule has 0 fully saturated rings. The van der Waals surface area contributed by atoms with Crippen LogP contribution in [0.15, 0.2) is 17.0 Å². The Kier molecular flexibility index (Phi) is 4.85. The Morgan fingerprint density at radius 2 is 2.24 bits per heavy atom. The maximum atomic E-state index is 11.4. The van der Waals surface area contributed by atoms with Crippen molar-refractivity contribution in [1.29, 1.82) is 5.26 Å². The fourth-order valence-electron chi connectivity index (χ4n) is 1.45. The molecule has 0 radical (unpaired) electrons. The molecule has 0 amide bonds. The molecule has 0 atom stereocenters. The number of ether oxygens (including phenoxy) is 2. The number of nitriles is 1. The van der Waals surface area contributed by atoms with E-state index in [1.54, 1.807) is 19.1 Å². The Bertz CT molecular complexity index is 466. The van der Waals surface area contributed by atoms with E-state index in [2.05, 4.69) is 12.6 Å². The summed E-state index contributed by atoms with van der Waals surface area (Å²) in [5.74, 6) is 0.0456. The number of hydrogen-bond donors (Lipinski definition) is 1. The quantitative estimate of drug-likeness (QED) is 0.656. The maximum absolute atomic E-state index is 11.4. The molecule has 0 spiro atoms. The first-order valence-corrected chi connectivity index (χ1v) is 5.52. The summed E-state index contributed by atoms with van der Waals surface area (Å²) < 4.78 is 9.92. The van der Waals surface area contributed by atoms with Crippen LogP contribution in [0.2, 0.25) is 0 Å². The van der Waals surface area contributed by atoms with Crippen LogP contribution in [0.1, 0.15) is 18.1 Å². The molecule has 0 unspecified atom stereocenters. The molecular weight excluding hydrogens is 238 g/mol. The Morgan fingerprint density at radius 1 is 1.53 bits per heavy atom. The Morgan fingerprint density at radius 3 is 2.76 bits per heavy atom. The van der Waals surface area contributed by atoms with Crippen LogP contribution in [-0.2, 0) is 16.0 Å². The van der Waals surface area contributed by atoms with E-state index in [0.29, 0.717) is 28.4 Å². The molecule has 0 saturated heterocycles. The average molecular weight is 251 g/mol. The monoisotopic (exact) mass is 251 g/mol. The molecule has 5 heteroatoms. The number of esters is 1. The second kappa shape index (κ2) is 6.16. The fourth-order valence-corrected chi connectivity index (χ4v) is 1.72. The molecule has 90 valence electrons. The summed E-state index contributed by atoms with van der Waals surface area (Å²) in [5, 5.41) is 9.06. The molecule has 1 rings (SSSR count). The van der Waals surface area contributed by atoms with Crippen LogP contribution in [0.5, 0.6) is 5.75 Å². The lowest BCUT2D eigenvalue weighted by molar-refractivity contribution is -0.142. The molecule has 0 N–H and O–H groups in total. The fraction of sp³-hybridized carbons (Fsp3) is 0.333. The lowest BCUT2D eigenvalue weighted by atomic mass is 10.0. The predicted octanol–water partition coefficient (Wildman–Crippen LogP) is 1.96. The summed E-state index contributed by atoms with van der Waals surface area (Å²) in [4.78, 5) is 12.0.